The first kappa shape index (κ1) is 15.7. The number of anilines is 2. The number of rotatable bonds is 7. The zero-order valence-corrected chi connectivity index (χ0v) is 12.6. The molecule has 1 unspecified atom stereocenters. The summed E-state index contributed by atoms with van der Waals surface area (Å²) in [5, 5.41) is 6.58. The lowest BCUT2D eigenvalue weighted by molar-refractivity contribution is 0.0697. The molecule has 1 atom stereocenters. The summed E-state index contributed by atoms with van der Waals surface area (Å²) in [6, 6.07) is 0.249. The molecule has 1 aromatic rings. The topological polar surface area (TPSA) is 89.3 Å². The van der Waals surface area contributed by atoms with E-state index >= 15 is 0 Å². The Labute approximate surface area is 117 Å². The number of amides is 1. The van der Waals surface area contributed by atoms with Crippen molar-refractivity contribution >= 4 is 28.2 Å². The van der Waals surface area contributed by atoms with Crippen LogP contribution < -0.4 is 16.4 Å². The van der Waals surface area contributed by atoms with Crippen molar-refractivity contribution in [3.8, 4) is 0 Å². The summed E-state index contributed by atoms with van der Waals surface area (Å²) in [6.07, 6.45) is -0.0173. The van der Waals surface area contributed by atoms with Gasteiger partial charge in [-0.05, 0) is 27.7 Å². The summed E-state index contributed by atoms with van der Waals surface area (Å²) in [4.78, 5) is 16.5. The molecule has 7 heteroatoms. The van der Waals surface area contributed by atoms with Crippen molar-refractivity contribution in [2.24, 2.45) is 0 Å². The lowest BCUT2D eigenvalue weighted by Crippen LogP contribution is -2.32. The number of carbonyl (C=O) groups excluding carboxylic acids is 1. The maximum Gasteiger partial charge on any atom is 0.265 e. The number of aromatic nitrogens is 1. The molecule has 0 saturated heterocycles. The van der Waals surface area contributed by atoms with Crippen LogP contribution >= 0.6 is 11.3 Å². The molecule has 1 rings (SSSR count). The van der Waals surface area contributed by atoms with Crippen molar-refractivity contribution in [3.05, 3.63) is 4.88 Å². The highest BCUT2D eigenvalue weighted by Gasteiger charge is 2.17. The van der Waals surface area contributed by atoms with Crippen LogP contribution in [0.2, 0.25) is 0 Å². The normalized spacial score (nSPS) is 12.5. The Hall–Kier alpha value is -1.34. The van der Waals surface area contributed by atoms with Crippen LogP contribution in [0.5, 0.6) is 0 Å². The molecule has 1 heterocycles. The van der Waals surface area contributed by atoms with Crippen LogP contribution in [0.25, 0.3) is 0 Å². The summed E-state index contributed by atoms with van der Waals surface area (Å²) < 4.78 is 5.35. The Morgan fingerprint density at radius 2 is 2.16 bits per heavy atom. The van der Waals surface area contributed by atoms with Crippen molar-refractivity contribution in [1.29, 1.82) is 0 Å². The summed E-state index contributed by atoms with van der Waals surface area (Å²) in [6.45, 7) is 8.91. The fraction of sp³-hybridized carbons (Fsp3) is 0.667. The number of carbonyl (C=O) groups is 1. The number of ether oxygens (including phenoxy) is 1. The molecule has 0 aliphatic heterocycles. The number of nitrogens with two attached hydrogens (primary N) is 1. The SMILES string of the molecule is CCOC(C)CNC(=O)c1sc(NC(C)C)nc1N. The fourth-order valence-electron chi connectivity index (χ4n) is 1.46. The van der Waals surface area contributed by atoms with Crippen LogP contribution in [-0.2, 0) is 4.74 Å². The van der Waals surface area contributed by atoms with Gasteiger partial charge in [-0.15, -0.1) is 0 Å². The molecule has 0 aliphatic rings. The van der Waals surface area contributed by atoms with Gasteiger partial charge in [-0.2, -0.15) is 0 Å². The summed E-state index contributed by atoms with van der Waals surface area (Å²) >= 11 is 1.26. The van der Waals surface area contributed by atoms with E-state index in [-0.39, 0.29) is 23.9 Å². The van der Waals surface area contributed by atoms with Crippen molar-refractivity contribution in [1.82, 2.24) is 10.3 Å². The van der Waals surface area contributed by atoms with Gasteiger partial charge in [0, 0.05) is 19.2 Å². The third kappa shape index (κ3) is 5.04. The zero-order valence-electron chi connectivity index (χ0n) is 11.8. The van der Waals surface area contributed by atoms with Gasteiger partial charge in [-0.3, -0.25) is 4.79 Å². The summed E-state index contributed by atoms with van der Waals surface area (Å²) in [7, 11) is 0. The maximum absolute atomic E-state index is 12.0. The Bertz CT molecular complexity index is 420. The van der Waals surface area contributed by atoms with E-state index in [0.29, 0.717) is 23.2 Å². The van der Waals surface area contributed by atoms with Crippen LogP contribution in [0.15, 0.2) is 0 Å². The first-order valence-corrected chi connectivity index (χ1v) is 7.18. The third-order valence-electron chi connectivity index (χ3n) is 2.27. The molecule has 108 valence electrons. The number of nitrogens with zero attached hydrogens (tertiary/aromatic N) is 1. The molecular weight excluding hydrogens is 264 g/mol. The predicted octanol–water partition coefficient (Wildman–Crippen LogP) is 1.70. The zero-order chi connectivity index (χ0) is 14.4. The predicted molar refractivity (Wildman–Crippen MR) is 78.7 cm³/mol. The van der Waals surface area contributed by atoms with E-state index in [1.54, 1.807) is 0 Å². The van der Waals surface area contributed by atoms with Gasteiger partial charge in [0.25, 0.3) is 5.91 Å². The largest absolute Gasteiger partial charge is 0.382 e. The molecule has 0 spiro atoms. The molecule has 0 bridgehead atoms. The fourth-order valence-corrected chi connectivity index (χ4v) is 2.41. The van der Waals surface area contributed by atoms with Gasteiger partial charge in [0.15, 0.2) is 5.13 Å². The maximum atomic E-state index is 12.0. The molecule has 19 heavy (non-hydrogen) atoms. The van der Waals surface area contributed by atoms with Gasteiger partial charge in [-0.1, -0.05) is 11.3 Å². The second-order valence-electron chi connectivity index (χ2n) is 4.51. The third-order valence-corrected chi connectivity index (χ3v) is 3.27. The highest BCUT2D eigenvalue weighted by atomic mass is 32.1. The minimum Gasteiger partial charge on any atom is -0.382 e. The van der Waals surface area contributed by atoms with E-state index < -0.39 is 0 Å². The first-order valence-electron chi connectivity index (χ1n) is 6.36. The molecule has 1 aromatic heterocycles. The van der Waals surface area contributed by atoms with E-state index in [1.165, 1.54) is 11.3 Å². The molecule has 0 radical (unpaired) electrons. The van der Waals surface area contributed by atoms with Gasteiger partial charge in [0.05, 0.1) is 6.10 Å². The van der Waals surface area contributed by atoms with Crippen molar-refractivity contribution in [2.45, 2.75) is 39.8 Å². The van der Waals surface area contributed by atoms with Crippen molar-refractivity contribution in [3.63, 3.8) is 0 Å². The molecule has 0 aliphatic carbocycles. The molecular formula is C12H22N4O2S. The van der Waals surface area contributed by atoms with Crippen LogP contribution in [0, 0.1) is 0 Å². The Kier molecular flexibility index (Phi) is 6.04. The van der Waals surface area contributed by atoms with E-state index in [4.69, 9.17) is 10.5 Å². The molecule has 0 saturated carbocycles. The smallest absolute Gasteiger partial charge is 0.265 e. The van der Waals surface area contributed by atoms with Gasteiger partial charge in [-0.25, -0.2) is 4.98 Å². The lowest BCUT2D eigenvalue weighted by atomic mass is 10.4. The Morgan fingerprint density at radius 1 is 1.47 bits per heavy atom. The van der Waals surface area contributed by atoms with Gasteiger partial charge in [0.2, 0.25) is 0 Å². The second-order valence-corrected chi connectivity index (χ2v) is 5.51. The second kappa shape index (κ2) is 7.30. The summed E-state index contributed by atoms with van der Waals surface area (Å²) in [5.41, 5.74) is 5.75. The average molecular weight is 286 g/mol. The number of nitrogens with one attached hydrogen (secondary N) is 2. The average Bonchev–Trinajstić information content (AvgIpc) is 2.66. The van der Waals surface area contributed by atoms with E-state index in [2.05, 4.69) is 15.6 Å². The van der Waals surface area contributed by atoms with Crippen LogP contribution in [-0.4, -0.2) is 36.2 Å². The molecule has 1 amide bonds. The Balaban J connectivity index is 2.59. The van der Waals surface area contributed by atoms with Gasteiger partial charge < -0.3 is 21.1 Å². The minimum atomic E-state index is -0.210. The number of nitrogen functional groups attached to an aromatic ring is 1. The van der Waals surface area contributed by atoms with Crippen LogP contribution in [0.4, 0.5) is 10.9 Å². The highest BCUT2D eigenvalue weighted by Crippen LogP contribution is 2.25. The molecule has 6 nitrogen and oxygen atoms in total. The van der Waals surface area contributed by atoms with Gasteiger partial charge in [0.1, 0.15) is 10.7 Å². The Morgan fingerprint density at radius 3 is 2.74 bits per heavy atom. The molecule has 4 N–H and O–H groups in total. The molecule has 0 aromatic carbocycles. The lowest BCUT2D eigenvalue weighted by Gasteiger charge is -2.11. The first-order chi connectivity index (χ1) is 8.93. The van der Waals surface area contributed by atoms with Crippen LogP contribution in [0.3, 0.4) is 0 Å². The monoisotopic (exact) mass is 286 g/mol. The standard InChI is InChI=1S/C12H22N4O2S/c1-5-18-8(4)6-14-11(17)9-10(13)16-12(19-9)15-7(2)3/h7-8H,5-6,13H2,1-4H3,(H,14,17)(H,15,16). The van der Waals surface area contributed by atoms with Crippen molar-refractivity contribution < 1.29 is 9.53 Å². The van der Waals surface area contributed by atoms with E-state index in [0.717, 1.165) is 0 Å². The summed E-state index contributed by atoms with van der Waals surface area (Å²) in [5.74, 6) is 0.0491. The van der Waals surface area contributed by atoms with Crippen LogP contribution in [0.1, 0.15) is 37.4 Å². The van der Waals surface area contributed by atoms with Crippen molar-refractivity contribution in [2.75, 3.05) is 24.2 Å². The van der Waals surface area contributed by atoms with E-state index in [1.807, 2.05) is 27.7 Å². The minimum absolute atomic E-state index is 0.0173. The quantitative estimate of drug-likeness (QED) is 0.710. The van der Waals surface area contributed by atoms with Gasteiger partial charge >= 0.3 is 0 Å². The number of hydrogen-bond donors (Lipinski definition) is 3. The number of thiazole rings is 1. The number of hydrogen-bond acceptors (Lipinski definition) is 6. The van der Waals surface area contributed by atoms with E-state index in [9.17, 15) is 4.79 Å². The molecule has 0 fully saturated rings. The highest BCUT2D eigenvalue weighted by molar-refractivity contribution is 7.18.